The van der Waals surface area contributed by atoms with Crippen molar-refractivity contribution in [1.82, 2.24) is 5.32 Å². The van der Waals surface area contributed by atoms with Gasteiger partial charge in [-0.15, -0.1) is 0 Å². The minimum atomic E-state index is -1.27. The SMILES string of the molecule is C[C@](O)(CNC(=O)c1cc2ccccc2o1)c1ccco1. The molecule has 5 nitrogen and oxygen atoms in total. The highest BCUT2D eigenvalue weighted by atomic mass is 16.4. The maximum atomic E-state index is 12.1. The van der Waals surface area contributed by atoms with Gasteiger partial charge in [-0.1, -0.05) is 18.2 Å². The zero-order chi connectivity index (χ0) is 14.9. The molecule has 0 unspecified atom stereocenters. The van der Waals surface area contributed by atoms with Gasteiger partial charge in [-0.2, -0.15) is 0 Å². The first-order chi connectivity index (χ1) is 10.1. The summed E-state index contributed by atoms with van der Waals surface area (Å²) >= 11 is 0. The largest absolute Gasteiger partial charge is 0.466 e. The molecule has 0 radical (unpaired) electrons. The van der Waals surface area contributed by atoms with E-state index in [1.54, 1.807) is 31.2 Å². The number of carbonyl (C=O) groups excluding carboxylic acids is 1. The zero-order valence-electron chi connectivity index (χ0n) is 11.5. The van der Waals surface area contributed by atoms with Gasteiger partial charge in [0.05, 0.1) is 12.8 Å². The van der Waals surface area contributed by atoms with Crippen molar-refractivity contribution in [1.29, 1.82) is 0 Å². The number of furan rings is 2. The molecule has 0 bridgehead atoms. The van der Waals surface area contributed by atoms with Crippen molar-refractivity contribution in [2.45, 2.75) is 12.5 Å². The van der Waals surface area contributed by atoms with Crippen LogP contribution in [0.4, 0.5) is 0 Å². The number of amides is 1. The van der Waals surface area contributed by atoms with E-state index in [4.69, 9.17) is 8.83 Å². The van der Waals surface area contributed by atoms with Gasteiger partial charge in [-0.05, 0) is 31.2 Å². The smallest absolute Gasteiger partial charge is 0.287 e. The predicted molar refractivity (Wildman–Crippen MR) is 76.8 cm³/mol. The van der Waals surface area contributed by atoms with E-state index in [0.29, 0.717) is 11.3 Å². The molecular weight excluding hydrogens is 270 g/mol. The molecule has 108 valence electrons. The molecule has 0 aliphatic heterocycles. The molecule has 3 rings (SSSR count). The normalized spacial score (nSPS) is 14.0. The van der Waals surface area contributed by atoms with Crippen LogP contribution >= 0.6 is 0 Å². The van der Waals surface area contributed by atoms with Gasteiger partial charge in [-0.25, -0.2) is 0 Å². The summed E-state index contributed by atoms with van der Waals surface area (Å²) in [7, 11) is 0. The number of hydrogen-bond donors (Lipinski definition) is 2. The summed E-state index contributed by atoms with van der Waals surface area (Å²) in [5.74, 6) is 0.233. The zero-order valence-corrected chi connectivity index (χ0v) is 11.5. The van der Waals surface area contributed by atoms with Crippen LogP contribution < -0.4 is 5.32 Å². The van der Waals surface area contributed by atoms with Crippen LogP contribution in [0, 0.1) is 0 Å². The molecule has 5 heteroatoms. The van der Waals surface area contributed by atoms with Crippen LogP contribution in [0.1, 0.15) is 23.2 Å². The average Bonchev–Trinajstić information content (AvgIpc) is 3.13. The first-order valence-corrected chi connectivity index (χ1v) is 6.59. The lowest BCUT2D eigenvalue weighted by Gasteiger charge is -2.20. The second-order valence-corrected chi connectivity index (χ2v) is 5.08. The van der Waals surface area contributed by atoms with Crippen molar-refractivity contribution >= 4 is 16.9 Å². The quantitative estimate of drug-likeness (QED) is 0.772. The van der Waals surface area contributed by atoms with Gasteiger partial charge in [0, 0.05) is 5.39 Å². The summed E-state index contributed by atoms with van der Waals surface area (Å²) in [5, 5.41) is 13.8. The molecule has 0 aliphatic carbocycles. The van der Waals surface area contributed by atoms with Crippen LogP contribution in [-0.2, 0) is 5.60 Å². The maximum absolute atomic E-state index is 12.1. The van der Waals surface area contributed by atoms with Gasteiger partial charge >= 0.3 is 0 Å². The summed E-state index contributed by atoms with van der Waals surface area (Å²) in [6.07, 6.45) is 1.48. The average molecular weight is 285 g/mol. The molecule has 0 aliphatic rings. The molecule has 0 saturated heterocycles. The van der Waals surface area contributed by atoms with Gasteiger partial charge in [-0.3, -0.25) is 4.79 Å². The Morgan fingerprint density at radius 1 is 1.29 bits per heavy atom. The summed E-state index contributed by atoms with van der Waals surface area (Å²) in [6.45, 7) is 1.60. The van der Waals surface area contributed by atoms with Crippen molar-refractivity contribution in [2.24, 2.45) is 0 Å². The maximum Gasteiger partial charge on any atom is 0.287 e. The van der Waals surface area contributed by atoms with Crippen molar-refractivity contribution in [3.8, 4) is 0 Å². The summed E-state index contributed by atoms with van der Waals surface area (Å²) < 4.78 is 10.6. The Kier molecular flexibility index (Phi) is 3.27. The Balaban J connectivity index is 1.72. The predicted octanol–water partition coefficient (Wildman–Crippen LogP) is 2.66. The third-order valence-corrected chi connectivity index (χ3v) is 3.29. The van der Waals surface area contributed by atoms with Gasteiger partial charge in [0.25, 0.3) is 5.91 Å². The lowest BCUT2D eigenvalue weighted by atomic mass is 10.0. The molecule has 2 heterocycles. The fraction of sp³-hybridized carbons (Fsp3) is 0.188. The number of aliphatic hydroxyl groups is 1. The molecule has 2 aromatic heterocycles. The Labute approximate surface area is 121 Å². The number of benzene rings is 1. The highest BCUT2D eigenvalue weighted by molar-refractivity contribution is 5.96. The van der Waals surface area contributed by atoms with Crippen molar-refractivity contribution < 1.29 is 18.7 Å². The van der Waals surface area contributed by atoms with E-state index in [1.807, 2.05) is 18.2 Å². The third-order valence-electron chi connectivity index (χ3n) is 3.29. The highest BCUT2D eigenvalue weighted by Crippen LogP contribution is 2.21. The van der Waals surface area contributed by atoms with E-state index in [0.717, 1.165) is 5.39 Å². The molecule has 1 amide bonds. The van der Waals surface area contributed by atoms with E-state index >= 15 is 0 Å². The standard InChI is InChI=1S/C16H15NO4/c1-16(19,14-7-4-8-20-14)10-17-15(18)13-9-11-5-2-3-6-12(11)21-13/h2-9,19H,10H2,1H3,(H,17,18)/t16-/m0/s1. The Hall–Kier alpha value is -2.53. The monoisotopic (exact) mass is 285 g/mol. The minimum Gasteiger partial charge on any atom is -0.466 e. The van der Waals surface area contributed by atoms with Gasteiger partial charge in [0.15, 0.2) is 5.76 Å². The fourth-order valence-electron chi connectivity index (χ4n) is 2.11. The molecule has 2 N–H and O–H groups in total. The van der Waals surface area contributed by atoms with E-state index in [9.17, 15) is 9.90 Å². The minimum absolute atomic E-state index is 0.0242. The van der Waals surface area contributed by atoms with E-state index in [2.05, 4.69) is 5.32 Å². The van der Waals surface area contributed by atoms with Crippen molar-refractivity contribution in [2.75, 3.05) is 6.54 Å². The lowest BCUT2D eigenvalue weighted by Crippen LogP contribution is -2.38. The van der Waals surface area contributed by atoms with E-state index in [1.165, 1.54) is 6.26 Å². The Morgan fingerprint density at radius 2 is 2.10 bits per heavy atom. The lowest BCUT2D eigenvalue weighted by molar-refractivity contribution is 0.0326. The van der Waals surface area contributed by atoms with Gasteiger partial charge < -0.3 is 19.3 Å². The fourth-order valence-corrected chi connectivity index (χ4v) is 2.11. The molecular formula is C16H15NO4. The number of para-hydroxylation sites is 1. The molecule has 0 fully saturated rings. The number of nitrogens with one attached hydrogen (secondary N) is 1. The molecule has 0 saturated carbocycles. The Morgan fingerprint density at radius 3 is 2.81 bits per heavy atom. The molecule has 1 atom stereocenters. The first kappa shape index (κ1) is 13.5. The summed E-state index contributed by atoms with van der Waals surface area (Å²) in [5.41, 5.74) is -0.619. The third kappa shape index (κ3) is 2.68. The number of hydrogen-bond acceptors (Lipinski definition) is 4. The van der Waals surface area contributed by atoms with E-state index < -0.39 is 5.60 Å². The van der Waals surface area contributed by atoms with Crippen LogP contribution in [0.2, 0.25) is 0 Å². The van der Waals surface area contributed by atoms with Crippen LogP contribution in [0.25, 0.3) is 11.0 Å². The summed E-state index contributed by atoms with van der Waals surface area (Å²) in [6, 6.07) is 12.4. The van der Waals surface area contributed by atoms with Crippen LogP contribution in [-0.4, -0.2) is 17.6 Å². The number of rotatable bonds is 4. The van der Waals surface area contributed by atoms with Crippen molar-refractivity contribution in [3.05, 3.63) is 60.2 Å². The highest BCUT2D eigenvalue weighted by Gasteiger charge is 2.27. The van der Waals surface area contributed by atoms with Crippen LogP contribution in [0.3, 0.4) is 0 Å². The van der Waals surface area contributed by atoms with Gasteiger partial charge in [0.2, 0.25) is 0 Å². The van der Waals surface area contributed by atoms with E-state index in [-0.39, 0.29) is 18.2 Å². The molecule has 0 spiro atoms. The Bertz CT molecular complexity index is 723. The molecule has 3 aromatic rings. The number of fused-ring (bicyclic) bond motifs is 1. The van der Waals surface area contributed by atoms with Crippen LogP contribution in [0.15, 0.2) is 57.6 Å². The molecule has 21 heavy (non-hydrogen) atoms. The second kappa shape index (κ2) is 5.10. The second-order valence-electron chi connectivity index (χ2n) is 5.08. The van der Waals surface area contributed by atoms with Crippen LogP contribution in [0.5, 0.6) is 0 Å². The van der Waals surface area contributed by atoms with Gasteiger partial charge in [0.1, 0.15) is 16.9 Å². The molecule has 1 aromatic carbocycles. The summed E-state index contributed by atoms with van der Waals surface area (Å²) in [4.78, 5) is 12.1. The van der Waals surface area contributed by atoms with Crippen molar-refractivity contribution in [3.63, 3.8) is 0 Å². The number of carbonyl (C=O) groups is 1. The topological polar surface area (TPSA) is 75.6 Å². The first-order valence-electron chi connectivity index (χ1n) is 6.59.